The zero-order chi connectivity index (χ0) is 18.6. The average molecular weight is 363 g/mol. The summed E-state index contributed by atoms with van der Waals surface area (Å²) in [6.07, 6.45) is 14.2. The molecule has 4 saturated carbocycles. The number of carbonyl (C=O) groups is 1. The molecule has 0 aromatic heterocycles. The molecule has 1 aromatic rings. The second kappa shape index (κ2) is 6.33. The molecule has 1 nitrogen and oxygen atoms in total. The Kier molecular flexibility index (Phi) is 4.15. The highest BCUT2D eigenvalue weighted by Gasteiger charge is 2.60. The van der Waals surface area contributed by atoms with Gasteiger partial charge in [-0.3, -0.25) is 4.79 Å². The predicted octanol–water partition coefficient (Wildman–Crippen LogP) is 6.68. The summed E-state index contributed by atoms with van der Waals surface area (Å²) >= 11 is 0. The first-order valence-corrected chi connectivity index (χ1v) is 11.3. The first-order valence-electron chi connectivity index (χ1n) is 11.3. The third kappa shape index (κ3) is 2.60. The van der Waals surface area contributed by atoms with Gasteiger partial charge in [-0.2, -0.15) is 0 Å². The van der Waals surface area contributed by atoms with Crippen LogP contribution in [0.4, 0.5) is 0 Å². The van der Waals surface area contributed by atoms with E-state index in [9.17, 15) is 4.79 Å². The monoisotopic (exact) mass is 362 g/mol. The van der Waals surface area contributed by atoms with E-state index in [0.29, 0.717) is 17.1 Å². The fourth-order valence-corrected chi connectivity index (χ4v) is 7.85. The van der Waals surface area contributed by atoms with Crippen molar-refractivity contribution in [2.75, 3.05) is 0 Å². The van der Waals surface area contributed by atoms with Gasteiger partial charge in [0, 0.05) is 5.41 Å². The molecule has 0 amide bonds. The zero-order valence-corrected chi connectivity index (χ0v) is 17.0. The molecular formula is C26H34O. The summed E-state index contributed by atoms with van der Waals surface area (Å²) in [5.41, 5.74) is 2.74. The summed E-state index contributed by atoms with van der Waals surface area (Å²) in [4.78, 5) is 13.4. The predicted molar refractivity (Wildman–Crippen MR) is 111 cm³/mol. The number of hydrogen-bond donors (Lipinski definition) is 0. The van der Waals surface area contributed by atoms with E-state index in [2.05, 4.69) is 44.2 Å². The molecule has 0 radical (unpaired) electrons. The first kappa shape index (κ1) is 17.7. The molecule has 5 rings (SSSR count). The Labute approximate surface area is 164 Å². The van der Waals surface area contributed by atoms with Crippen LogP contribution in [0.1, 0.15) is 77.2 Å². The Bertz CT molecular complexity index is 762. The lowest BCUT2D eigenvalue weighted by atomic mass is 9.45. The summed E-state index contributed by atoms with van der Waals surface area (Å²) in [7, 11) is 0. The third-order valence-electron chi connectivity index (χ3n) is 9.36. The van der Waals surface area contributed by atoms with Gasteiger partial charge in [-0.1, -0.05) is 57.0 Å². The van der Waals surface area contributed by atoms with E-state index in [1.54, 1.807) is 0 Å². The van der Waals surface area contributed by atoms with Crippen molar-refractivity contribution in [3.05, 3.63) is 41.5 Å². The summed E-state index contributed by atoms with van der Waals surface area (Å²) in [5, 5.41) is 0. The van der Waals surface area contributed by atoms with Crippen LogP contribution >= 0.6 is 0 Å². The number of rotatable bonds is 1. The lowest BCUT2D eigenvalue weighted by molar-refractivity contribution is -0.137. The molecule has 4 aliphatic rings. The van der Waals surface area contributed by atoms with Gasteiger partial charge in [0.2, 0.25) is 0 Å². The van der Waals surface area contributed by atoms with Crippen molar-refractivity contribution in [1.82, 2.24) is 0 Å². The SMILES string of the molecule is CC12CCC3C(CCC4CCCCC43C)C1C/C(=C/c1ccccc1)C2=O. The minimum absolute atomic E-state index is 0.0976. The fraction of sp³-hybridized carbons (Fsp3) is 0.654. The van der Waals surface area contributed by atoms with E-state index < -0.39 is 0 Å². The molecule has 1 aromatic carbocycles. The minimum Gasteiger partial charge on any atom is -0.294 e. The van der Waals surface area contributed by atoms with E-state index in [0.717, 1.165) is 36.2 Å². The number of carbonyl (C=O) groups excluding carboxylic acids is 1. The molecule has 0 N–H and O–H groups in total. The van der Waals surface area contributed by atoms with E-state index in [1.165, 1.54) is 50.5 Å². The van der Waals surface area contributed by atoms with Crippen molar-refractivity contribution in [2.24, 2.45) is 34.5 Å². The van der Waals surface area contributed by atoms with Gasteiger partial charge in [0.15, 0.2) is 5.78 Å². The molecule has 0 saturated heterocycles. The van der Waals surface area contributed by atoms with Crippen LogP contribution in [0.2, 0.25) is 0 Å². The van der Waals surface area contributed by atoms with Gasteiger partial charge in [0.25, 0.3) is 0 Å². The Morgan fingerprint density at radius 2 is 1.74 bits per heavy atom. The highest BCUT2D eigenvalue weighted by atomic mass is 16.1. The quantitative estimate of drug-likeness (QED) is 0.509. The number of benzene rings is 1. The summed E-state index contributed by atoms with van der Waals surface area (Å²) in [6.45, 7) is 4.92. The van der Waals surface area contributed by atoms with Gasteiger partial charge in [-0.25, -0.2) is 0 Å². The molecule has 4 fully saturated rings. The highest BCUT2D eigenvalue weighted by molar-refractivity contribution is 6.05. The molecule has 0 heterocycles. The fourth-order valence-electron chi connectivity index (χ4n) is 7.85. The molecular weight excluding hydrogens is 328 g/mol. The molecule has 144 valence electrons. The largest absolute Gasteiger partial charge is 0.294 e. The van der Waals surface area contributed by atoms with Crippen LogP contribution in [0, 0.1) is 34.5 Å². The zero-order valence-electron chi connectivity index (χ0n) is 17.0. The van der Waals surface area contributed by atoms with Gasteiger partial charge >= 0.3 is 0 Å². The smallest absolute Gasteiger partial charge is 0.165 e. The number of allylic oxidation sites excluding steroid dienone is 1. The van der Waals surface area contributed by atoms with Crippen molar-refractivity contribution < 1.29 is 4.79 Å². The number of hydrogen-bond acceptors (Lipinski definition) is 1. The van der Waals surface area contributed by atoms with Crippen molar-refractivity contribution in [3.8, 4) is 0 Å². The van der Waals surface area contributed by atoms with Crippen LogP contribution in [0.25, 0.3) is 6.08 Å². The Hall–Kier alpha value is -1.37. The summed E-state index contributed by atoms with van der Waals surface area (Å²) in [6, 6.07) is 10.4. The topological polar surface area (TPSA) is 17.1 Å². The van der Waals surface area contributed by atoms with Gasteiger partial charge < -0.3 is 0 Å². The number of Topliss-reactive ketones (excluding diaryl/α,β-unsaturated/α-hetero) is 1. The van der Waals surface area contributed by atoms with E-state index in [1.807, 2.05) is 6.07 Å². The molecule has 6 atom stereocenters. The summed E-state index contributed by atoms with van der Waals surface area (Å²) in [5.74, 6) is 3.63. The van der Waals surface area contributed by atoms with E-state index in [-0.39, 0.29) is 5.41 Å². The van der Waals surface area contributed by atoms with Crippen molar-refractivity contribution in [3.63, 3.8) is 0 Å². The third-order valence-corrected chi connectivity index (χ3v) is 9.36. The van der Waals surface area contributed by atoms with E-state index in [4.69, 9.17) is 0 Å². The summed E-state index contributed by atoms with van der Waals surface area (Å²) < 4.78 is 0. The van der Waals surface area contributed by atoms with Crippen LogP contribution in [0.15, 0.2) is 35.9 Å². The van der Waals surface area contributed by atoms with Crippen molar-refractivity contribution >= 4 is 11.9 Å². The Morgan fingerprint density at radius 3 is 2.56 bits per heavy atom. The van der Waals surface area contributed by atoms with Crippen LogP contribution in [-0.4, -0.2) is 5.78 Å². The molecule has 0 aliphatic heterocycles. The van der Waals surface area contributed by atoms with Gasteiger partial charge in [-0.15, -0.1) is 0 Å². The Balaban J connectivity index is 1.47. The van der Waals surface area contributed by atoms with Crippen LogP contribution < -0.4 is 0 Å². The van der Waals surface area contributed by atoms with Crippen LogP contribution in [0.5, 0.6) is 0 Å². The van der Waals surface area contributed by atoms with Gasteiger partial charge in [0.1, 0.15) is 0 Å². The standard InChI is InChI=1S/C26H34O/c1-25-14-7-6-10-20(25)11-12-21-22(25)13-15-26(2)23(21)17-19(24(26)27)16-18-8-4-3-5-9-18/h3-5,8-9,16,20-23H,6-7,10-15,17H2,1-2H3/b19-16-. The lowest BCUT2D eigenvalue weighted by Gasteiger charge is -2.59. The normalized spacial score (nSPS) is 45.3. The second-order valence-corrected chi connectivity index (χ2v) is 10.5. The van der Waals surface area contributed by atoms with Crippen molar-refractivity contribution in [2.45, 2.75) is 71.6 Å². The molecule has 4 aliphatic carbocycles. The molecule has 6 unspecified atom stereocenters. The van der Waals surface area contributed by atoms with Gasteiger partial charge in [0.05, 0.1) is 0 Å². The molecule has 1 heteroatoms. The second-order valence-electron chi connectivity index (χ2n) is 10.5. The molecule has 0 spiro atoms. The van der Waals surface area contributed by atoms with Crippen LogP contribution in [0.3, 0.4) is 0 Å². The number of fused-ring (bicyclic) bond motifs is 5. The molecule has 27 heavy (non-hydrogen) atoms. The Morgan fingerprint density at radius 1 is 0.926 bits per heavy atom. The van der Waals surface area contributed by atoms with E-state index >= 15 is 0 Å². The van der Waals surface area contributed by atoms with Crippen LogP contribution in [-0.2, 0) is 4.79 Å². The number of ketones is 1. The maximum atomic E-state index is 13.4. The minimum atomic E-state index is -0.0976. The van der Waals surface area contributed by atoms with Gasteiger partial charge in [-0.05, 0) is 91.2 Å². The molecule has 0 bridgehead atoms. The highest BCUT2D eigenvalue weighted by Crippen LogP contribution is 2.66. The first-order chi connectivity index (χ1) is 13.0. The van der Waals surface area contributed by atoms with Crippen molar-refractivity contribution in [1.29, 1.82) is 0 Å². The maximum absolute atomic E-state index is 13.4. The lowest BCUT2D eigenvalue weighted by Crippen LogP contribution is -2.52. The average Bonchev–Trinajstić information content (AvgIpc) is 2.93. The maximum Gasteiger partial charge on any atom is 0.165 e.